The number of aromatic amines is 1. The largest absolute Gasteiger partial charge is 0.361 e. The summed E-state index contributed by atoms with van der Waals surface area (Å²) >= 11 is 0. The number of hydrogen-bond donors (Lipinski definition) is 4. The Kier molecular flexibility index (Phi) is 8.53. The Hall–Kier alpha value is -3.85. The van der Waals surface area contributed by atoms with Crippen LogP contribution in [0.2, 0.25) is 0 Å². The Morgan fingerprint density at radius 2 is 1.69 bits per heavy atom. The molecule has 2 unspecified atom stereocenters. The molecular weight excluding hydrogens is 564 g/mol. The van der Waals surface area contributed by atoms with Gasteiger partial charge in [-0.25, -0.2) is 4.79 Å². The Balaban J connectivity index is 1.07. The molecule has 2 aromatic carbocycles. The van der Waals surface area contributed by atoms with Crippen LogP contribution in [0.4, 0.5) is 4.79 Å². The fourth-order valence-corrected chi connectivity index (χ4v) is 8.38. The van der Waals surface area contributed by atoms with Crippen molar-refractivity contribution in [3.63, 3.8) is 0 Å². The minimum atomic E-state index is -0.681. The molecule has 3 fully saturated rings. The Morgan fingerprint density at radius 3 is 2.49 bits per heavy atom. The minimum Gasteiger partial charge on any atom is -0.361 e. The van der Waals surface area contributed by atoms with Gasteiger partial charge in [0.15, 0.2) is 0 Å². The summed E-state index contributed by atoms with van der Waals surface area (Å²) < 4.78 is 0. The molecule has 1 aromatic heterocycles. The molecule has 3 aliphatic heterocycles. The first-order chi connectivity index (χ1) is 22.0. The number of aromatic nitrogens is 1. The maximum atomic E-state index is 14.2. The van der Waals surface area contributed by atoms with Crippen LogP contribution < -0.4 is 16.0 Å². The molecular formula is C36H46N6O3. The molecule has 4 aliphatic rings. The van der Waals surface area contributed by atoms with E-state index < -0.39 is 6.04 Å². The summed E-state index contributed by atoms with van der Waals surface area (Å²) in [4.78, 5) is 48.5. The van der Waals surface area contributed by atoms with Gasteiger partial charge in [0, 0.05) is 67.7 Å². The number of piperidine rings is 3. The molecule has 4 amide bonds. The molecule has 9 heteroatoms. The van der Waals surface area contributed by atoms with Gasteiger partial charge < -0.3 is 30.7 Å². The van der Waals surface area contributed by atoms with Gasteiger partial charge in [-0.15, -0.1) is 0 Å². The number of amides is 4. The van der Waals surface area contributed by atoms with Gasteiger partial charge in [0.25, 0.3) is 0 Å². The average molecular weight is 611 g/mol. The number of fused-ring (bicyclic) bond motifs is 3. The van der Waals surface area contributed by atoms with Crippen molar-refractivity contribution >= 4 is 28.7 Å². The summed E-state index contributed by atoms with van der Waals surface area (Å²) in [7, 11) is 0. The minimum absolute atomic E-state index is 0.0423. The van der Waals surface area contributed by atoms with Crippen molar-refractivity contribution in [1.29, 1.82) is 0 Å². The third kappa shape index (κ3) is 6.07. The maximum absolute atomic E-state index is 14.2. The van der Waals surface area contributed by atoms with E-state index >= 15 is 0 Å². The predicted molar refractivity (Wildman–Crippen MR) is 175 cm³/mol. The van der Waals surface area contributed by atoms with E-state index in [1.165, 1.54) is 17.5 Å². The smallest absolute Gasteiger partial charge is 0.315 e. The highest BCUT2D eigenvalue weighted by atomic mass is 16.2. The van der Waals surface area contributed by atoms with Crippen molar-refractivity contribution in [3.05, 3.63) is 71.4 Å². The Morgan fingerprint density at radius 1 is 0.911 bits per heavy atom. The summed E-state index contributed by atoms with van der Waals surface area (Å²) in [5.74, 6) is 0.134. The monoisotopic (exact) mass is 610 g/mol. The predicted octanol–water partition coefficient (Wildman–Crippen LogP) is 4.19. The SMILES string of the molecule is O=C(NC1CCCNC1)NC(Cc1c[nH]c2ccccc12)C(=O)N1CCC2(CC1)C[C@@H](C(=O)N1CCCCC1)c1ccccc12. The van der Waals surface area contributed by atoms with Gasteiger partial charge in [0.05, 0.1) is 5.92 Å². The summed E-state index contributed by atoms with van der Waals surface area (Å²) in [6.45, 7) is 4.65. The van der Waals surface area contributed by atoms with Crippen LogP contribution in [0.5, 0.6) is 0 Å². The first-order valence-corrected chi connectivity index (χ1v) is 17.0. The van der Waals surface area contributed by atoms with Gasteiger partial charge in [-0.3, -0.25) is 9.59 Å². The molecule has 1 aliphatic carbocycles. The topological polar surface area (TPSA) is 110 Å². The number of carbonyl (C=O) groups excluding carboxylic acids is 3. The zero-order chi connectivity index (χ0) is 30.8. The molecule has 3 aromatic rings. The summed E-state index contributed by atoms with van der Waals surface area (Å²) in [5, 5.41) is 10.6. The van der Waals surface area contributed by atoms with Crippen LogP contribution in [0.25, 0.3) is 10.9 Å². The van der Waals surface area contributed by atoms with Gasteiger partial charge >= 0.3 is 6.03 Å². The van der Waals surface area contributed by atoms with Crippen LogP contribution in [0.3, 0.4) is 0 Å². The molecule has 3 atom stereocenters. The summed E-state index contributed by atoms with van der Waals surface area (Å²) in [6.07, 6.45) is 10.2. The van der Waals surface area contributed by atoms with Crippen LogP contribution in [-0.2, 0) is 21.4 Å². The first kappa shape index (κ1) is 29.8. The zero-order valence-electron chi connectivity index (χ0n) is 26.2. The Labute approximate surface area is 265 Å². The number of para-hydroxylation sites is 1. The molecule has 4 N–H and O–H groups in total. The van der Waals surface area contributed by atoms with Crippen molar-refractivity contribution in [2.75, 3.05) is 39.3 Å². The molecule has 9 nitrogen and oxygen atoms in total. The van der Waals surface area contributed by atoms with Gasteiger partial charge in [-0.1, -0.05) is 42.5 Å². The van der Waals surface area contributed by atoms with E-state index in [0.717, 1.165) is 87.6 Å². The highest BCUT2D eigenvalue weighted by molar-refractivity contribution is 5.90. The normalized spacial score (nSPS) is 23.5. The number of carbonyl (C=O) groups is 3. The number of urea groups is 1. The number of benzene rings is 2. The quantitative estimate of drug-likeness (QED) is 0.336. The van der Waals surface area contributed by atoms with Crippen LogP contribution in [0.1, 0.15) is 74.0 Å². The van der Waals surface area contributed by atoms with E-state index in [1.54, 1.807) is 0 Å². The van der Waals surface area contributed by atoms with Crippen molar-refractivity contribution < 1.29 is 14.4 Å². The summed E-state index contributed by atoms with van der Waals surface area (Å²) in [5.41, 5.74) is 4.40. The number of rotatable bonds is 6. The molecule has 4 heterocycles. The summed E-state index contributed by atoms with van der Waals surface area (Å²) in [6, 6.07) is 15.7. The van der Waals surface area contributed by atoms with E-state index in [-0.39, 0.29) is 35.2 Å². The van der Waals surface area contributed by atoms with Crippen LogP contribution in [0.15, 0.2) is 54.7 Å². The second-order valence-electron chi connectivity index (χ2n) is 13.6. The lowest BCUT2D eigenvalue weighted by atomic mass is 9.73. The lowest BCUT2D eigenvalue weighted by molar-refractivity contribution is -0.136. The highest BCUT2D eigenvalue weighted by Crippen LogP contribution is 2.52. The molecule has 0 saturated carbocycles. The Bertz CT molecular complexity index is 1530. The van der Waals surface area contributed by atoms with Crippen molar-refractivity contribution in [2.45, 2.75) is 81.2 Å². The van der Waals surface area contributed by atoms with E-state index in [9.17, 15) is 14.4 Å². The van der Waals surface area contributed by atoms with E-state index in [0.29, 0.717) is 19.5 Å². The number of nitrogens with zero attached hydrogens (tertiary/aromatic N) is 2. The third-order valence-electron chi connectivity index (χ3n) is 10.8. The maximum Gasteiger partial charge on any atom is 0.315 e. The zero-order valence-corrected chi connectivity index (χ0v) is 26.2. The molecule has 45 heavy (non-hydrogen) atoms. The molecule has 238 valence electrons. The molecule has 0 bridgehead atoms. The number of hydrogen-bond acceptors (Lipinski definition) is 4. The van der Waals surface area contributed by atoms with E-state index in [1.807, 2.05) is 29.3 Å². The standard InChI is InChI=1S/C36H46N6O3/c43-33(41-17-6-1-7-18-41)29-22-36(30-12-4-2-11-28(29)30)14-19-42(20-15-36)34(44)32(40-35(45)39-26-9-8-16-37-24-26)21-25-23-38-31-13-5-3-10-27(25)31/h2-5,10-13,23,26,29,32,37-38H,1,6-9,14-22,24H2,(H2,39,40,45)/t26?,29-,32?/m1/s1. The van der Waals surface area contributed by atoms with Crippen molar-refractivity contribution in [2.24, 2.45) is 0 Å². The second kappa shape index (κ2) is 12.9. The van der Waals surface area contributed by atoms with Gasteiger partial charge in [0.2, 0.25) is 11.8 Å². The third-order valence-corrected chi connectivity index (χ3v) is 10.8. The fraction of sp³-hybridized carbons (Fsp3) is 0.528. The van der Waals surface area contributed by atoms with Crippen molar-refractivity contribution in [1.82, 2.24) is 30.7 Å². The lowest BCUT2D eigenvalue weighted by Crippen LogP contribution is -2.57. The lowest BCUT2D eigenvalue weighted by Gasteiger charge is -2.41. The van der Waals surface area contributed by atoms with Crippen molar-refractivity contribution in [3.8, 4) is 0 Å². The van der Waals surface area contributed by atoms with Gasteiger partial charge in [-0.05, 0) is 80.7 Å². The first-order valence-electron chi connectivity index (χ1n) is 17.0. The van der Waals surface area contributed by atoms with Gasteiger partial charge in [0.1, 0.15) is 6.04 Å². The molecule has 3 saturated heterocycles. The number of H-pyrrole nitrogens is 1. The van der Waals surface area contributed by atoms with E-state index in [2.05, 4.69) is 56.2 Å². The number of nitrogens with one attached hydrogen (secondary N) is 4. The molecule has 0 radical (unpaired) electrons. The van der Waals surface area contributed by atoms with Crippen LogP contribution >= 0.6 is 0 Å². The molecule has 1 spiro atoms. The average Bonchev–Trinajstić information content (AvgIpc) is 3.64. The highest BCUT2D eigenvalue weighted by Gasteiger charge is 2.49. The second-order valence-corrected chi connectivity index (χ2v) is 13.6. The fourth-order valence-electron chi connectivity index (χ4n) is 8.38. The van der Waals surface area contributed by atoms with Crippen LogP contribution in [-0.4, -0.2) is 84.0 Å². The van der Waals surface area contributed by atoms with Crippen LogP contribution in [0, 0.1) is 0 Å². The number of likely N-dealkylation sites (tertiary alicyclic amines) is 2. The van der Waals surface area contributed by atoms with Gasteiger partial charge in [-0.2, -0.15) is 0 Å². The van der Waals surface area contributed by atoms with E-state index in [4.69, 9.17) is 0 Å². The molecule has 7 rings (SSSR count).